The van der Waals surface area contributed by atoms with Gasteiger partial charge in [-0.2, -0.15) is 0 Å². The molecule has 122 valence electrons. The van der Waals surface area contributed by atoms with Crippen LogP contribution in [0.5, 0.6) is 0 Å². The van der Waals surface area contributed by atoms with Crippen LogP contribution in [0.1, 0.15) is 18.4 Å². The second-order valence-corrected chi connectivity index (χ2v) is 7.53. The highest BCUT2D eigenvalue weighted by molar-refractivity contribution is 7.91. The van der Waals surface area contributed by atoms with E-state index in [0.29, 0.717) is 6.54 Å². The third-order valence-electron chi connectivity index (χ3n) is 3.78. The molecule has 0 bridgehead atoms. The zero-order chi connectivity index (χ0) is 16.2. The number of sulfone groups is 1. The zero-order valence-electron chi connectivity index (χ0n) is 12.6. The fraction of sp³-hybridized carbons (Fsp3) is 0.533. The second kappa shape index (κ2) is 7.11. The Hall–Kier alpha value is -1.60. The first kappa shape index (κ1) is 16.8. The van der Waals surface area contributed by atoms with Gasteiger partial charge in [-0.25, -0.2) is 13.2 Å². The molecule has 1 aromatic rings. The molecule has 1 atom stereocenters. The van der Waals surface area contributed by atoms with Crippen LogP contribution in [-0.4, -0.2) is 56.1 Å². The summed E-state index contributed by atoms with van der Waals surface area (Å²) in [5.74, 6) is -0.251. The van der Waals surface area contributed by atoms with Crippen LogP contribution < -0.4 is 0 Å². The third kappa shape index (κ3) is 3.98. The number of benzene rings is 1. The molecule has 1 amide bonds. The van der Waals surface area contributed by atoms with Crippen molar-refractivity contribution in [3.05, 3.63) is 29.8 Å². The van der Waals surface area contributed by atoms with Gasteiger partial charge in [0.2, 0.25) is 0 Å². The van der Waals surface area contributed by atoms with Crippen molar-refractivity contribution in [1.82, 2.24) is 4.90 Å². The quantitative estimate of drug-likeness (QED) is 0.883. The lowest BCUT2D eigenvalue weighted by atomic mass is 10.2. The standard InChI is InChI=1S/C15H21NO5S/c1-12-4-6-14(7-5-12)22(19,20)10-9-21-15(18)16-8-2-3-13(16)11-17/h4-7,13,17H,2-3,8-11H2,1H3. The maximum Gasteiger partial charge on any atom is 0.410 e. The molecule has 7 heteroatoms. The molecular weight excluding hydrogens is 306 g/mol. The predicted molar refractivity (Wildman–Crippen MR) is 81.4 cm³/mol. The molecule has 0 spiro atoms. The van der Waals surface area contributed by atoms with Crippen LogP contribution in [0.15, 0.2) is 29.2 Å². The van der Waals surface area contributed by atoms with E-state index in [9.17, 15) is 13.2 Å². The number of aliphatic hydroxyl groups excluding tert-OH is 1. The summed E-state index contributed by atoms with van der Waals surface area (Å²) in [4.78, 5) is 13.6. The molecule has 0 saturated carbocycles. The highest BCUT2D eigenvalue weighted by Gasteiger charge is 2.29. The van der Waals surface area contributed by atoms with Crippen LogP contribution >= 0.6 is 0 Å². The van der Waals surface area contributed by atoms with Crippen LogP contribution in [-0.2, 0) is 14.6 Å². The van der Waals surface area contributed by atoms with Crippen molar-refractivity contribution in [3.8, 4) is 0 Å². The van der Waals surface area contributed by atoms with Crippen molar-refractivity contribution < 1.29 is 23.1 Å². The van der Waals surface area contributed by atoms with Crippen molar-refractivity contribution in [1.29, 1.82) is 0 Å². The first-order chi connectivity index (χ1) is 10.4. The highest BCUT2D eigenvalue weighted by atomic mass is 32.2. The lowest BCUT2D eigenvalue weighted by Gasteiger charge is -2.22. The summed E-state index contributed by atoms with van der Waals surface area (Å²) >= 11 is 0. The number of nitrogens with zero attached hydrogens (tertiary/aromatic N) is 1. The molecular formula is C15H21NO5S. The molecule has 1 fully saturated rings. The molecule has 0 radical (unpaired) electrons. The van der Waals surface area contributed by atoms with Gasteiger partial charge in [0, 0.05) is 6.54 Å². The number of aryl methyl sites for hydroxylation is 1. The number of hydrogen-bond acceptors (Lipinski definition) is 5. The van der Waals surface area contributed by atoms with Crippen LogP contribution in [0, 0.1) is 6.92 Å². The molecule has 1 unspecified atom stereocenters. The van der Waals surface area contributed by atoms with Crippen LogP contribution in [0.2, 0.25) is 0 Å². The lowest BCUT2D eigenvalue weighted by molar-refractivity contribution is 0.0889. The van der Waals surface area contributed by atoms with Gasteiger partial charge in [-0.15, -0.1) is 0 Å². The number of ether oxygens (including phenoxy) is 1. The maximum absolute atomic E-state index is 12.1. The lowest BCUT2D eigenvalue weighted by Crippen LogP contribution is -2.38. The Balaban J connectivity index is 1.87. The summed E-state index contributed by atoms with van der Waals surface area (Å²) in [6.07, 6.45) is 1.01. The average molecular weight is 327 g/mol. The van der Waals surface area contributed by atoms with E-state index in [1.807, 2.05) is 6.92 Å². The normalized spacial score (nSPS) is 18.5. The molecule has 6 nitrogen and oxygen atoms in total. The van der Waals surface area contributed by atoms with Gasteiger partial charge in [-0.05, 0) is 31.9 Å². The van der Waals surface area contributed by atoms with E-state index in [2.05, 4.69) is 0 Å². The minimum Gasteiger partial charge on any atom is -0.448 e. The zero-order valence-corrected chi connectivity index (χ0v) is 13.4. The summed E-state index contributed by atoms with van der Waals surface area (Å²) < 4.78 is 29.3. The number of carbonyl (C=O) groups excluding carboxylic acids is 1. The number of likely N-dealkylation sites (tertiary alicyclic amines) is 1. The molecule has 1 aliphatic rings. The Kier molecular flexibility index (Phi) is 5.42. The van der Waals surface area contributed by atoms with E-state index < -0.39 is 15.9 Å². The fourth-order valence-electron chi connectivity index (χ4n) is 2.45. The van der Waals surface area contributed by atoms with Crippen molar-refractivity contribution in [3.63, 3.8) is 0 Å². The van der Waals surface area contributed by atoms with Gasteiger partial charge in [0.05, 0.1) is 23.3 Å². The Labute approximate surface area is 130 Å². The van der Waals surface area contributed by atoms with Gasteiger partial charge in [0.1, 0.15) is 6.61 Å². The van der Waals surface area contributed by atoms with Crippen molar-refractivity contribution in [2.75, 3.05) is 25.5 Å². The fourth-order valence-corrected chi connectivity index (χ4v) is 3.54. The highest BCUT2D eigenvalue weighted by Crippen LogP contribution is 2.18. The van der Waals surface area contributed by atoms with Gasteiger partial charge in [0.15, 0.2) is 9.84 Å². The molecule has 1 heterocycles. The molecule has 2 rings (SSSR count). The number of amides is 1. The predicted octanol–water partition coefficient (Wildman–Crippen LogP) is 1.36. The Morgan fingerprint density at radius 2 is 2.05 bits per heavy atom. The van der Waals surface area contributed by atoms with E-state index in [1.165, 1.54) is 4.90 Å². The van der Waals surface area contributed by atoms with Gasteiger partial charge in [-0.1, -0.05) is 17.7 Å². The Morgan fingerprint density at radius 1 is 1.36 bits per heavy atom. The molecule has 0 aliphatic carbocycles. The maximum atomic E-state index is 12.1. The third-order valence-corrected chi connectivity index (χ3v) is 5.47. The monoisotopic (exact) mass is 327 g/mol. The van der Waals surface area contributed by atoms with Gasteiger partial charge >= 0.3 is 6.09 Å². The van der Waals surface area contributed by atoms with Crippen LogP contribution in [0.4, 0.5) is 4.79 Å². The smallest absolute Gasteiger partial charge is 0.410 e. The molecule has 1 saturated heterocycles. The number of carbonyl (C=O) groups is 1. The number of hydrogen-bond donors (Lipinski definition) is 1. The minimum atomic E-state index is -3.46. The largest absolute Gasteiger partial charge is 0.448 e. The van der Waals surface area contributed by atoms with Gasteiger partial charge < -0.3 is 14.7 Å². The van der Waals surface area contributed by atoms with E-state index in [-0.39, 0.29) is 29.9 Å². The number of aliphatic hydroxyl groups is 1. The average Bonchev–Trinajstić information content (AvgIpc) is 2.96. The summed E-state index contributed by atoms with van der Waals surface area (Å²) in [5.41, 5.74) is 0.981. The molecule has 1 N–H and O–H groups in total. The molecule has 0 aromatic heterocycles. The summed E-state index contributed by atoms with van der Waals surface area (Å²) in [6, 6.07) is 6.34. The van der Waals surface area contributed by atoms with Gasteiger partial charge in [0.25, 0.3) is 0 Å². The summed E-state index contributed by atoms with van der Waals surface area (Å²) in [6.45, 7) is 2.13. The van der Waals surface area contributed by atoms with E-state index in [1.54, 1.807) is 24.3 Å². The molecule has 1 aliphatic heterocycles. The Bertz CT molecular complexity index is 611. The molecule has 22 heavy (non-hydrogen) atoms. The van der Waals surface area contributed by atoms with Crippen LogP contribution in [0.25, 0.3) is 0 Å². The second-order valence-electron chi connectivity index (χ2n) is 5.42. The SMILES string of the molecule is Cc1ccc(S(=O)(=O)CCOC(=O)N2CCCC2CO)cc1. The van der Waals surface area contributed by atoms with Crippen molar-refractivity contribution in [2.45, 2.75) is 30.7 Å². The Morgan fingerprint density at radius 3 is 2.68 bits per heavy atom. The van der Waals surface area contributed by atoms with Crippen molar-refractivity contribution in [2.24, 2.45) is 0 Å². The minimum absolute atomic E-state index is 0.100. The molecule has 1 aromatic carbocycles. The summed E-state index contributed by atoms with van der Waals surface area (Å²) in [7, 11) is -3.46. The first-order valence-corrected chi connectivity index (χ1v) is 8.93. The summed E-state index contributed by atoms with van der Waals surface area (Å²) in [5, 5.41) is 9.17. The van der Waals surface area contributed by atoms with E-state index in [0.717, 1.165) is 18.4 Å². The first-order valence-electron chi connectivity index (χ1n) is 7.28. The van der Waals surface area contributed by atoms with Crippen LogP contribution in [0.3, 0.4) is 0 Å². The van der Waals surface area contributed by atoms with E-state index >= 15 is 0 Å². The van der Waals surface area contributed by atoms with E-state index in [4.69, 9.17) is 9.84 Å². The van der Waals surface area contributed by atoms with Gasteiger partial charge in [-0.3, -0.25) is 0 Å². The topological polar surface area (TPSA) is 83.9 Å². The van der Waals surface area contributed by atoms with Crippen molar-refractivity contribution >= 4 is 15.9 Å². The number of rotatable bonds is 5.